The van der Waals surface area contributed by atoms with Gasteiger partial charge in [-0.1, -0.05) is 6.07 Å². The Kier molecular flexibility index (Phi) is 7.45. The minimum Gasteiger partial charge on any atom is -0.395 e. The molecule has 8 heteroatoms. The smallest absolute Gasteiger partial charge is 0.258 e. The Bertz CT molecular complexity index is 493. The molecular formula is C12H21N3O4S. The molecular weight excluding hydrogens is 282 g/mol. The van der Waals surface area contributed by atoms with Crippen molar-refractivity contribution in [2.45, 2.75) is 17.9 Å². The highest BCUT2D eigenvalue weighted by molar-refractivity contribution is 7.89. The predicted molar refractivity (Wildman–Crippen MR) is 76.1 cm³/mol. The van der Waals surface area contributed by atoms with Gasteiger partial charge in [-0.3, -0.25) is 0 Å². The van der Waals surface area contributed by atoms with Gasteiger partial charge in [0, 0.05) is 26.8 Å². The zero-order valence-electron chi connectivity index (χ0n) is 11.5. The van der Waals surface area contributed by atoms with Crippen molar-refractivity contribution < 1.29 is 18.3 Å². The SMILES string of the molecule is COCCCCNS(=O)(=O)c1cccc(NCCO)n1. The van der Waals surface area contributed by atoms with E-state index in [0.717, 1.165) is 6.42 Å². The summed E-state index contributed by atoms with van der Waals surface area (Å²) < 4.78 is 31.4. The monoisotopic (exact) mass is 303 g/mol. The highest BCUT2D eigenvalue weighted by atomic mass is 32.2. The number of pyridine rings is 1. The first kappa shape index (κ1) is 16.8. The third-order valence-corrected chi connectivity index (χ3v) is 3.85. The summed E-state index contributed by atoms with van der Waals surface area (Å²) in [6.07, 6.45) is 1.50. The standard InChI is InChI=1S/C12H21N3O4S/c1-19-10-3-2-7-14-20(17,18)12-6-4-5-11(15-12)13-8-9-16/h4-6,14,16H,2-3,7-10H2,1H3,(H,13,15). The van der Waals surface area contributed by atoms with Crippen LogP contribution in [0.25, 0.3) is 0 Å². The highest BCUT2D eigenvalue weighted by Gasteiger charge is 2.15. The molecule has 0 aliphatic rings. The van der Waals surface area contributed by atoms with E-state index in [-0.39, 0.29) is 11.6 Å². The maximum atomic E-state index is 12.0. The lowest BCUT2D eigenvalue weighted by Gasteiger charge is -2.08. The van der Waals surface area contributed by atoms with Gasteiger partial charge in [-0.15, -0.1) is 0 Å². The molecule has 1 aromatic heterocycles. The lowest BCUT2D eigenvalue weighted by Crippen LogP contribution is -2.26. The normalized spacial score (nSPS) is 11.5. The van der Waals surface area contributed by atoms with E-state index in [9.17, 15) is 8.42 Å². The van der Waals surface area contributed by atoms with E-state index < -0.39 is 10.0 Å². The Labute approximate surface area is 119 Å². The third-order valence-electron chi connectivity index (χ3n) is 2.48. The maximum Gasteiger partial charge on any atom is 0.258 e. The molecule has 7 nitrogen and oxygen atoms in total. The van der Waals surface area contributed by atoms with Gasteiger partial charge in [-0.25, -0.2) is 18.1 Å². The second-order valence-electron chi connectivity index (χ2n) is 4.11. The van der Waals surface area contributed by atoms with Gasteiger partial charge in [-0.2, -0.15) is 0 Å². The van der Waals surface area contributed by atoms with Crippen LogP contribution in [0.1, 0.15) is 12.8 Å². The third kappa shape index (κ3) is 5.83. The van der Waals surface area contributed by atoms with Crippen molar-refractivity contribution >= 4 is 15.8 Å². The number of unbranched alkanes of at least 4 members (excludes halogenated alkanes) is 1. The van der Waals surface area contributed by atoms with Crippen LogP contribution >= 0.6 is 0 Å². The first-order valence-corrected chi connectivity index (χ1v) is 7.89. The summed E-state index contributed by atoms with van der Waals surface area (Å²) in [5.41, 5.74) is 0. The van der Waals surface area contributed by atoms with Gasteiger partial charge in [0.2, 0.25) is 0 Å². The van der Waals surface area contributed by atoms with Gasteiger partial charge in [-0.05, 0) is 25.0 Å². The summed E-state index contributed by atoms with van der Waals surface area (Å²) in [7, 11) is -1.99. The van der Waals surface area contributed by atoms with Crippen LogP contribution in [0.5, 0.6) is 0 Å². The summed E-state index contributed by atoms with van der Waals surface area (Å²) in [6, 6.07) is 4.68. The van der Waals surface area contributed by atoms with Crippen molar-refractivity contribution in [2.75, 3.05) is 38.7 Å². The van der Waals surface area contributed by atoms with Crippen molar-refractivity contribution in [1.82, 2.24) is 9.71 Å². The molecule has 0 saturated carbocycles. The van der Waals surface area contributed by atoms with E-state index in [4.69, 9.17) is 9.84 Å². The van der Waals surface area contributed by atoms with E-state index in [1.807, 2.05) is 0 Å². The number of nitrogens with zero attached hydrogens (tertiary/aromatic N) is 1. The fourth-order valence-corrected chi connectivity index (χ4v) is 2.54. The lowest BCUT2D eigenvalue weighted by molar-refractivity contribution is 0.193. The summed E-state index contributed by atoms with van der Waals surface area (Å²) in [5.74, 6) is 0.418. The molecule has 0 spiro atoms. The Morgan fingerprint density at radius 2 is 2.10 bits per heavy atom. The number of nitrogens with one attached hydrogen (secondary N) is 2. The van der Waals surface area contributed by atoms with E-state index >= 15 is 0 Å². The van der Waals surface area contributed by atoms with Crippen molar-refractivity contribution in [3.63, 3.8) is 0 Å². The molecule has 0 fully saturated rings. The maximum absolute atomic E-state index is 12.0. The Morgan fingerprint density at radius 1 is 1.30 bits per heavy atom. The molecule has 20 heavy (non-hydrogen) atoms. The van der Waals surface area contributed by atoms with Gasteiger partial charge in [0.25, 0.3) is 10.0 Å². The number of anilines is 1. The van der Waals surface area contributed by atoms with Crippen molar-refractivity contribution in [3.8, 4) is 0 Å². The Hall–Kier alpha value is -1.22. The lowest BCUT2D eigenvalue weighted by atomic mass is 10.3. The Balaban J connectivity index is 2.57. The van der Waals surface area contributed by atoms with Crippen LogP contribution in [0, 0.1) is 0 Å². The van der Waals surface area contributed by atoms with Gasteiger partial charge in [0.05, 0.1) is 6.61 Å². The van der Waals surface area contributed by atoms with Gasteiger partial charge in [0.1, 0.15) is 5.82 Å². The van der Waals surface area contributed by atoms with Crippen LogP contribution in [0.4, 0.5) is 5.82 Å². The largest absolute Gasteiger partial charge is 0.395 e. The molecule has 0 radical (unpaired) electrons. The van der Waals surface area contributed by atoms with Crippen molar-refractivity contribution in [2.24, 2.45) is 0 Å². The molecule has 3 N–H and O–H groups in total. The van der Waals surface area contributed by atoms with Crippen LogP contribution in [0.15, 0.2) is 23.2 Å². The zero-order chi connectivity index (χ0) is 14.8. The van der Waals surface area contributed by atoms with Crippen LogP contribution in [-0.2, 0) is 14.8 Å². The molecule has 0 aliphatic carbocycles. The molecule has 1 heterocycles. The minimum atomic E-state index is -3.60. The number of methoxy groups -OCH3 is 1. The van der Waals surface area contributed by atoms with Gasteiger partial charge in [0.15, 0.2) is 5.03 Å². The van der Waals surface area contributed by atoms with Crippen molar-refractivity contribution in [1.29, 1.82) is 0 Å². The molecule has 0 aliphatic heterocycles. The number of aliphatic hydroxyl groups is 1. The number of hydrogen-bond donors (Lipinski definition) is 3. The zero-order valence-corrected chi connectivity index (χ0v) is 12.3. The first-order chi connectivity index (χ1) is 9.60. The Morgan fingerprint density at radius 3 is 2.80 bits per heavy atom. The van der Waals surface area contributed by atoms with Crippen LogP contribution in [0.3, 0.4) is 0 Å². The number of sulfonamides is 1. The van der Waals surface area contributed by atoms with E-state index in [1.54, 1.807) is 19.2 Å². The van der Waals surface area contributed by atoms with Gasteiger partial charge >= 0.3 is 0 Å². The fraction of sp³-hybridized carbons (Fsp3) is 0.583. The van der Waals surface area contributed by atoms with Crippen LogP contribution in [-0.4, -0.2) is 51.9 Å². The number of hydrogen-bond acceptors (Lipinski definition) is 6. The topological polar surface area (TPSA) is 101 Å². The summed E-state index contributed by atoms with van der Waals surface area (Å²) in [5, 5.41) is 11.5. The second kappa shape index (κ2) is 8.85. The molecule has 1 aromatic rings. The predicted octanol–water partition coefficient (Wildman–Crippen LogP) is 0.191. The van der Waals surface area contributed by atoms with Crippen LogP contribution in [0.2, 0.25) is 0 Å². The first-order valence-electron chi connectivity index (χ1n) is 6.40. The molecule has 0 saturated heterocycles. The average molecular weight is 303 g/mol. The van der Waals surface area contributed by atoms with E-state index in [0.29, 0.717) is 31.9 Å². The minimum absolute atomic E-state index is 0.0350. The number of ether oxygens (including phenoxy) is 1. The number of aliphatic hydroxyl groups excluding tert-OH is 1. The molecule has 0 unspecified atom stereocenters. The molecule has 0 amide bonds. The molecule has 0 atom stereocenters. The van der Waals surface area contributed by atoms with Gasteiger partial charge < -0.3 is 15.2 Å². The van der Waals surface area contributed by atoms with E-state index in [2.05, 4.69) is 15.0 Å². The molecule has 0 bridgehead atoms. The molecule has 114 valence electrons. The summed E-state index contributed by atoms with van der Waals surface area (Å²) in [6.45, 7) is 1.24. The van der Waals surface area contributed by atoms with Crippen molar-refractivity contribution in [3.05, 3.63) is 18.2 Å². The number of rotatable bonds is 10. The van der Waals surface area contributed by atoms with E-state index in [1.165, 1.54) is 6.07 Å². The molecule has 0 aromatic carbocycles. The quantitative estimate of drug-likeness (QED) is 0.534. The number of aromatic nitrogens is 1. The van der Waals surface area contributed by atoms with Crippen LogP contribution < -0.4 is 10.0 Å². The summed E-state index contributed by atoms with van der Waals surface area (Å²) >= 11 is 0. The molecule has 1 rings (SSSR count). The second-order valence-corrected chi connectivity index (χ2v) is 5.82. The fourth-order valence-electron chi connectivity index (χ4n) is 1.50. The average Bonchev–Trinajstić information content (AvgIpc) is 2.45. The highest BCUT2D eigenvalue weighted by Crippen LogP contribution is 2.09. The summed E-state index contributed by atoms with van der Waals surface area (Å²) in [4.78, 5) is 4.00.